The van der Waals surface area contributed by atoms with Crippen LogP contribution in [0.25, 0.3) is 0 Å². The molecule has 1 heterocycles. The van der Waals surface area contributed by atoms with Crippen LogP contribution in [0.2, 0.25) is 5.02 Å². The molecule has 1 aromatic carbocycles. The molecule has 24 heavy (non-hydrogen) atoms. The van der Waals surface area contributed by atoms with Crippen LogP contribution < -0.4 is 10.2 Å². The van der Waals surface area contributed by atoms with Crippen LogP contribution in [0.1, 0.15) is 13.8 Å². The zero-order chi connectivity index (χ0) is 17.7. The number of hydrogen-bond donors (Lipinski definition) is 1. The van der Waals surface area contributed by atoms with E-state index in [0.717, 1.165) is 5.69 Å². The van der Waals surface area contributed by atoms with Gasteiger partial charge in [0.25, 0.3) is 5.91 Å². The maximum absolute atomic E-state index is 12.2. The number of para-hydroxylation sites is 1. The summed E-state index contributed by atoms with van der Waals surface area (Å²) in [5, 5.41) is 3.09. The number of nitrogens with zero attached hydrogens (tertiary/aromatic N) is 2. The highest BCUT2D eigenvalue weighted by Crippen LogP contribution is 2.25. The number of ketones is 1. The molecule has 1 aromatic rings. The quantitative estimate of drug-likeness (QED) is 0.812. The van der Waals surface area contributed by atoms with E-state index in [1.165, 1.54) is 0 Å². The molecule has 0 aromatic heterocycles. The van der Waals surface area contributed by atoms with E-state index in [0.29, 0.717) is 31.2 Å². The molecule has 1 aliphatic rings. The number of hydrogen-bond acceptors (Lipinski definition) is 4. The Morgan fingerprint density at radius 1 is 1.12 bits per heavy atom. The fourth-order valence-corrected chi connectivity index (χ4v) is 2.78. The lowest BCUT2D eigenvalue weighted by Crippen LogP contribution is -2.51. The van der Waals surface area contributed by atoms with E-state index in [-0.39, 0.29) is 18.4 Å². The molecule has 6 nitrogen and oxygen atoms in total. The number of amides is 2. The average Bonchev–Trinajstić information content (AvgIpc) is 2.59. The van der Waals surface area contributed by atoms with Crippen LogP contribution in [0.5, 0.6) is 0 Å². The van der Waals surface area contributed by atoms with Crippen molar-refractivity contribution in [3.8, 4) is 0 Å². The van der Waals surface area contributed by atoms with Gasteiger partial charge in [0.15, 0.2) is 0 Å². The number of nitrogens with one attached hydrogen (secondary N) is 1. The van der Waals surface area contributed by atoms with Crippen LogP contribution >= 0.6 is 11.6 Å². The van der Waals surface area contributed by atoms with Crippen molar-refractivity contribution in [2.75, 3.05) is 37.6 Å². The van der Waals surface area contributed by atoms with Gasteiger partial charge in [0, 0.05) is 32.1 Å². The number of benzene rings is 1. The summed E-state index contributed by atoms with van der Waals surface area (Å²) in [6.45, 7) is 5.61. The van der Waals surface area contributed by atoms with Crippen molar-refractivity contribution in [3.63, 3.8) is 0 Å². The first-order valence-corrected chi connectivity index (χ1v) is 8.37. The van der Waals surface area contributed by atoms with Crippen LogP contribution in [-0.2, 0) is 14.4 Å². The Morgan fingerprint density at radius 3 is 2.33 bits per heavy atom. The lowest BCUT2D eigenvalue weighted by Gasteiger charge is -2.36. The zero-order valence-electron chi connectivity index (χ0n) is 13.9. The van der Waals surface area contributed by atoms with Crippen LogP contribution in [0.15, 0.2) is 24.3 Å². The Bertz CT molecular complexity index is 625. The number of Topliss-reactive ketones (excluding diaryl/α,β-unsaturated/α-hetero) is 1. The molecular formula is C17H22ClN3O3. The van der Waals surface area contributed by atoms with Crippen molar-refractivity contribution >= 4 is 34.9 Å². The van der Waals surface area contributed by atoms with E-state index in [1.54, 1.807) is 18.7 Å². The van der Waals surface area contributed by atoms with Crippen LogP contribution in [0.3, 0.4) is 0 Å². The Kier molecular flexibility index (Phi) is 6.20. The molecule has 2 rings (SSSR count). The Morgan fingerprint density at radius 2 is 1.75 bits per heavy atom. The second-order valence-electron chi connectivity index (χ2n) is 6.02. The van der Waals surface area contributed by atoms with Crippen molar-refractivity contribution in [1.82, 2.24) is 10.2 Å². The molecule has 0 unspecified atom stereocenters. The summed E-state index contributed by atoms with van der Waals surface area (Å²) in [6, 6.07) is 7.61. The van der Waals surface area contributed by atoms with Crippen LogP contribution in [-0.4, -0.2) is 55.2 Å². The molecule has 1 N–H and O–H groups in total. The van der Waals surface area contributed by atoms with Gasteiger partial charge in [0.2, 0.25) is 11.7 Å². The molecule has 1 saturated heterocycles. The van der Waals surface area contributed by atoms with Gasteiger partial charge in [-0.3, -0.25) is 14.4 Å². The van der Waals surface area contributed by atoms with Gasteiger partial charge in [0.1, 0.15) is 0 Å². The lowest BCUT2D eigenvalue weighted by atomic mass is 10.1. The third-order valence-electron chi connectivity index (χ3n) is 3.97. The molecule has 0 spiro atoms. The number of carbonyl (C=O) groups is 3. The largest absolute Gasteiger partial charge is 0.367 e. The van der Waals surface area contributed by atoms with Gasteiger partial charge in [-0.1, -0.05) is 37.6 Å². The average molecular weight is 352 g/mol. The van der Waals surface area contributed by atoms with E-state index in [4.69, 9.17) is 11.6 Å². The molecule has 0 radical (unpaired) electrons. The normalized spacial score (nSPS) is 14.7. The summed E-state index contributed by atoms with van der Waals surface area (Å²) < 4.78 is 0. The molecule has 7 heteroatoms. The summed E-state index contributed by atoms with van der Waals surface area (Å²) in [5.74, 6) is -1.77. The molecule has 0 atom stereocenters. The first kappa shape index (κ1) is 18.3. The number of rotatable bonds is 5. The summed E-state index contributed by atoms with van der Waals surface area (Å²) in [7, 11) is 0. The van der Waals surface area contributed by atoms with Gasteiger partial charge in [0.05, 0.1) is 17.3 Å². The number of piperazine rings is 1. The van der Waals surface area contributed by atoms with Gasteiger partial charge in [-0.05, 0) is 12.1 Å². The predicted octanol–water partition coefficient (Wildman–Crippen LogP) is 1.33. The lowest BCUT2D eigenvalue weighted by molar-refractivity contribution is -0.141. The highest BCUT2D eigenvalue weighted by molar-refractivity contribution is 6.37. The number of halogens is 1. The highest BCUT2D eigenvalue weighted by atomic mass is 35.5. The van der Waals surface area contributed by atoms with Gasteiger partial charge in [-0.25, -0.2) is 0 Å². The Hall–Kier alpha value is -2.08. The molecular weight excluding hydrogens is 330 g/mol. The van der Waals surface area contributed by atoms with Crippen molar-refractivity contribution < 1.29 is 14.4 Å². The topological polar surface area (TPSA) is 69.7 Å². The first-order chi connectivity index (χ1) is 11.4. The van der Waals surface area contributed by atoms with Crippen molar-refractivity contribution in [1.29, 1.82) is 0 Å². The third kappa shape index (κ3) is 4.47. The van der Waals surface area contributed by atoms with E-state index in [2.05, 4.69) is 10.2 Å². The maximum Gasteiger partial charge on any atom is 0.288 e. The van der Waals surface area contributed by atoms with E-state index >= 15 is 0 Å². The fourth-order valence-electron chi connectivity index (χ4n) is 2.52. The van der Waals surface area contributed by atoms with E-state index < -0.39 is 11.7 Å². The van der Waals surface area contributed by atoms with Gasteiger partial charge in [-0.2, -0.15) is 0 Å². The summed E-state index contributed by atoms with van der Waals surface area (Å²) in [4.78, 5) is 39.1. The second-order valence-corrected chi connectivity index (χ2v) is 6.43. The van der Waals surface area contributed by atoms with Crippen molar-refractivity contribution in [2.24, 2.45) is 5.92 Å². The molecule has 0 saturated carbocycles. The van der Waals surface area contributed by atoms with Crippen molar-refractivity contribution in [3.05, 3.63) is 29.3 Å². The second kappa shape index (κ2) is 8.15. The van der Waals surface area contributed by atoms with Gasteiger partial charge >= 0.3 is 0 Å². The minimum Gasteiger partial charge on any atom is -0.367 e. The number of anilines is 1. The molecule has 130 valence electrons. The maximum atomic E-state index is 12.2. The van der Waals surface area contributed by atoms with E-state index in [9.17, 15) is 14.4 Å². The monoisotopic (exact) mass is 351 g/mol. The third-order valence-corrected chi connectivity index (χ3v) is 4.29. The Balaban J connectivity index is 1.82. The molecule has 1 aliphatic heterocycles. The van der Waals surface area contributed by atoms with Gasteiger partial charge in [-0.15, -0.1) is 0 Å². The van der Waals surface area contributed by atoms with Gasteiger partial charge < -0.3 is 15.1 Å². The minimum absolute atomic E-state index is 0.149. The summed E-state index contributed by atoms with van der Waals surface area (Å²) in [5.41, 5.74) is 0.960. The fraction of sp³-hybridized carbons (Fsp3) is 0.471. The van der Waals surface area contributed by atoms with E-state index in [1.807, 2.05) is 24.3 Å². The first-order valence-electron chi connectivity index (χ1n) is 7.99. The SMILES string of the molecule is CC(C)C(=O)C(=O)NCC(=O)N1CCN(c2ccccc2Cl)CC1. The minimum atomic E-state index is -0.701. The molecule has 0 bridgehead atoms. The zero-order valence-corrected chi connectivity index (χ0v) is 14.7. The summed E-state index contributed by atoms with van der Waals surface area (Å²) in [6.07, 6.45) is 0. The summed E-state index contributed by atoms with van der Waals surface area (Å²) >= 11 is 6.19. The van der Waals surface area contributed by atoms with Crippen LogP contribution in [0.4, 0.5) is 5.69 Å². The molecule has 0 aliphatic carbocycles. The standard InChI is InChI=1S/C17H22ClN3O3/c1-12(2)16(23)17(24)19-11-15(22)21-9-7-20(8-10-21)14-6-4-3-5-13(14)18/h3-6,12H,7-11H2,1-2H3,(H,19,24). The van der Waals surface area contributed by atoms with Crippen molar-refractivity contribution in [2.45, 2.75) is 13.8 Å². The smallest absolute Gasteiger partial charge is 0.288 e. The van der Waals surface area contributed by atoms with Crippen LogP contribution in [0, 0.1) is 5.92 Å². The predicted molar refractivity (Wildman–Crippen MR) is 93.1 cm³/mol. The number of carbonyl (C=O) groups excluding carboxylic acids is 3. The Labute approximate surface area is 146 Å². The highest BCUT2D eigenvalue weighted by Gasteiger charge is 2.24. The molecule has 1 fully saturated rings. The molecule has 2 amide bonds.